The molecule has 8 heteroatoms. The van der Waals surface area contributed by atoms with Crippen molar-refractivity contribution in [2.75, 3.05) is 29.5 Å². The minimum absolute atomic E-state index is 0.0672. The predicted molar refractivity (Wildman–Crippen MR) is 102 cm³/mol. The summed E-state index contributed by atoms with van der Waals surface area (Å²) >= 11 is 0. The summed E-state index contributed by atoms with van der Waals surface area (Å²) in [6, 6.07) is 0.393. The van der Waals surface area contributed by atoms with Gasteiger partial charge in [-0.1, -0.05) is 0 Å². The van der Waals surface area contributed by atoms with Crippen molar-refractivity contribution < 1.29 is 9.53 Å². The highest BCUT2D eigenvalue weighted by atomic mass is 16.5. The number of hydrogen-bond acceptors (Lipinski definition) is 8. The van der Waals surface area contributed by atoms with Crippen LogP contribution in [-0.2, 0) is 9.53 Å². The van der Waals surface area contributed by atoms with E-state index in [1.54, 1.807) is 6.20 Å². The van der Waals surface area contributed by atoms with Crippen molar-refractivity contribution in [3.63, 3.8) is 0 Å². The van der Waals surface area contributed by atoms with Gasteiger partial charge in [-0.25, -0.2) is 4.98 Å². The van der Waals surface area contributed by atoms with Crippen molar-refractivity contribution in [3.8, 4) is 0 Å². The monoisotopic (exact) mass is 352 g/mol. The first kappa shape index (κ1) is 21.0. The van der Waals surface area contributed by atoms with E-state index in [1.165, 1.54) is 0 Å². The number of carbonyl (C=O) groups is 1. The standard InChI is InChI=1S/C12H22N6.C5H10O2/c1-12(2,3)18-11-15-7-9(13)10(17-11)16-8-4-5-14-6-8;1-5(2,3)7-4-6/h7-8,14H,4-6,13H2,1-3H3,(H2,15,16,17,18);4H,1-3H3. The van der Waals surface area contributed by atoms with Crippen molar-refractivity contribution >= 4 is 23.9 Å². The molecule has 25 heavy (non-hydrogen) atoms. The van der Waals surface area contributed by atoms with E-state index in [2.05, 4.69) is 51.4 Å². The lowest BCUT2D eigenvalue weighted by Crippen LogP contribution is -2.28. The molecule has 2 rings (SSSR count). The summed E-state index contributed by atoms with van der Waals surface area (Å²) in [4.78, 5) is 18.2. The molecule has 0 saturated carbocycles. The number of carbonyl (C=O) groups excluding carboxylic acids is 1. The molecule has 1 aromatic rings. The van der Waals surface area contributed by atoms with E-state index in [0.29, 0.717) is 30.0 Å². The summed E-state index contributed by atoms with van der Waals surface area (Å²) in [5.74, 6) is 1.32. The Morgan fingerprint density at radius 1 is 1.32 bits per heavy atom. The average Bonchev–Trinajstić information content (AvgIpc) is 2.93. The van der Waals surface area contributed by atoms with E-state index in [-0.39, 0.29) is 11.1 Å². The van der Waals surface area contributed by atoms with Gasteiger partial charge in [-0.3, -0.25) is 4.79 Å². The molecule has 5 N–H and O–H groups in total. The summed E-state index contributed by atoms with van der Waals surface area (Å²) in [6.45, 7) is 14.1. The molecule has 1 saturated heterocycles. The van der Waals surface area contributed by atoms with Crippen LogP contribution < -0.4 is 21.7 Å². The van der Waals surface area contributed by atoms with Gasteiger partial charge in [0.15, 0.2) is 5.82 Å². The Bertz CT molecular complexity index is 545. The molecular formula is C17H32N6O2. The number of anilines is 3. The molecule has 0 aliphatic carbocycles. The Morgan fingerprint density at radius 3 is 2.44 bits per heavy atom. The molecular weight excluding hydrogens is 320 g/mol. The fraction of sp³-hybridized carbons (Fsp3) is 0.706. The summed E-state index contributed by atoms with van der Waals surface area (Å²) in [5, 5.41) is 9.90. The molecule has 0 radical (unpaired) electrons. The van der Waals surface area contributed by atoms with Crippen LogP contribution in [-0.4, -0.2) is 46.7 Å². The molecule has 1 aliphatic heterocycles. The molecule has 1 atom stereocenters. The molecule has 1 unspecified atom stereocenters. The third kappa shape index (κ3) is 9.09. The fourth-order valence-corrected chi connectivity index (χ4v) is 2.02. The highest BCUT2D eigenvalue weighted by Crippen LogP contribution is 2.20. The van der Waals surface area contributed by atoms with E-state index >= 15 is 0 Å². The van der Waals surface area contributed by atoms with E-state index in [9.17, 15) is 4.79 Å². The Balaban J connectivity index is 0.000000381. The summed E-state index contributed by atoms with van der Waals surface area (Å²) in [5.41, 5.74) is 6.10. The number of nitrogens with two attached hydrogens (primary N) is 1. The van der Waals surface area contributed by atoms with Crippen LogP contribution in [0.2, 0.25) is 0 Å². The van der Waals surface area contributed by atoms with Crippen LogP contribution in [0.4, 0.5) is 17.5 Å². The molecule has 8 nitrogen and oxygen atoms in total. The van der Waals surface area contributed by atoms with Gasteiger partial charge in [0.05, 0.1) is 11.9 Å². The number of rotatable bonds is 4. The first-order chi connectivity index (χ1) is 11.5. The minimum atomic E-state index is -0.318. The zero-order valence-corrected chi connectivity index (χ0v) is 16.1. The largest absolute Gasteiger partial charge is 0.462 e. The van der Waals surface area contributed by atoms with Gasteiger partial charge in [0.2, 0.25) is 5.95 Å². The highest BCUT2D eigenvalue weighted by Gasteiger charge is 2.17. The SMILES string of the molecule is CC(C)(C)Nc1ncc(N)c(NC2CCNC2)n1.CC(C)(C)OC=O. The zero-order valence-electron chi connectivity index (χ0n) is 16.1. The van der Waals surface area contributed by atoms with Crippen molar-refractivity contribution in [2.24, 2.45) is 0 Å². The molecule has 1 aliphatic rings. The van der Waals surface area contributed by atoms with Gasteiger partial charge in [-0.05, 0) is 54.5 Å². The van der Waals surface area contributed by atoms with Gasteiger partial charge < -0.3 is 26.4 Å². The average molecular weight is 352 g/mol. The summed E-state index contributed by atoms with van der Waals surface area (Å²) in [6.07, 6.45) is 2.73. The van der Waals surface area contributed by atoms with E-state index in [0.717, 1.165) is 19.5 Å². The van der Waals surface area contributed by atoms with Gasteiger partial charge in [0.25, 0.3) is 6.47 Å². The molecule has 0 aromatic carbocycles. The maximum absolute atomic E-state index is 9.60. The Kier molecular flexibility index (Phi) is 7.41. The molecule has 0 spiro atoms. The lowest BCUT2D eigenvalue weighted by molar-refractivity contribution is -0.138. The third-order valence-electron chi connectivity index (χ3n) is 3.11. The van der Waals surface area contributed by atoms with Gasteiger partial charge in [0.1, 0.15) is 5.60 Å². The lowest BCUT2D eigenvalue weighted by Gasteiger charge is -2.21. The third-order valence-corrected chi connectivity index (χ3v) is 3.11. The second kappa shape index (κ2) is 8.84. The topological polar surface area (TPSA) is 114 Å². The van der Waals surface area contributed by atoms with Crippen molar-refractivity contribution in [1.29, 1.82) is 0 Å². The van der Waals surface area contributed by atoms with Crippen LogP contribution in [0.1, 0.15) is 48.0 Å². The number of nitrogens with one attached hydrogen (secondary N) is 3. The van der Waals surface area contributed by atoms with Gasteiger partial charge in [-0.15, -0.1) is 0 Å². The number of nitrogen functional groups attached to an aromatic ring is 1. The fourth-order valence-electron chi connectivity index (χ4n) is 2.02. The number of nitrogens with zero attached hydrogens (tertiary/aromatic N) is 2. The first-order valence-corrected chi connectivity index (χ1v) is 8.49. The maximum atomic E-state index is 9.60. The summed E-state index contributed by atoms with van der Waals surface area (Å²) in [7, 11) is 0. The molecule has 0 amide bonds. The molecule has 1 fully saturated rings. The van der Waals surface area contributed by atoms with E-state index in [4.69, 9.17) is 5.73 Å². The molecule has 0 bridgehead atoms. The van der Waals surface area contributed by atoms with E-state index in [1.807, 2.05) is 20.8 Å². The minimum Gasteiger partial charge on any atom is -0.462 e. The van der Waals surface area contributed by atoms with Crippen LogP contribution in [0.25, 0.3) is 0 Å². The number of ether oxygens (including phenoxy) is 1. The number of hydrogen-bond donors (Lipinski definition) is 4. The second-order valence-electron chi connectivity index (χ2n) is 8.03. The lowest BCUT2D eigenvalue weighted by atomic mass is 10.1. The highest BCUT2D eigenvalue weighted by molar-refractivity contribution is 5.62. The molecule has 1 aromatic heterocycles. The normalized spacial score (nSPS) is 17.3. The second-order valence-corrected chi connectivity index (χ2v) is 8.03. The van der Waals surface area contributed by atoms with Crippen LogP contribution >= 0.6 is 0 Å². The summed E-state index contributed by atoms with van der Waals surface area (Å²) < 4.78 is 4.55. The Labute approximate surface area is 150 Å². The van der Waals surface area contributed by atoms with Gasteiger partial charge in [0, 0.05) is 18.1 Å². The van der Waals surface area contributed by atoms with Gasteiger partial charge >= 0.3 is 0 Å². The Hall–Kier alpha value is -2.09. The smallest absolute Gasteiger partial charge is 0.293 e. The van der Waals surface area contributed by atoms with Crippen molar-refractivity contribution in [1.82, 2.24) is 15.3 Å². The van der Waals surface area contributed by atoms with Crippen LogP contribution in [0, 0.1) is 0 Å². The van der Waals surface area contributed by atoms with Crippen LogP contribution in [0.3, 0.4) is 0 Å². The first-order valence-electron chi connectivity index (χ1n) is 8.49. The maximum Gasteiger partial charge on any atom is 0.293 e. The van der Waals surface area contributed by atoms with Gasteiger partial charge in [-0.2, -0.15) is 4.98 Å². The van der Waals surface area contributed by atoms with Crippen molar-refractivity contribution in [3.05, 3.63) is 6.20 Å². The van der Waals surface area contributed by atoms with Crippen molar-refractivity contribution in [2.45, 2.75) is 65.1 Å². The zero-order chi connectivity index (χ0) is 19.1. The number of aromatic nitrogens is 2. The van der Waals surface area contributed by atoms with Crippen LogP contribution in [0.15, 0.2) is 6.20 Å². The molecule has 142 valence electrons. The Morgan fingerprint density at radius 2 is 2.00 bits per heavy atom. The predicted octanol–water partition coefficient (Wildman–Crippen LogP) is 2.00. The van der Waals surface area contributed by atoms with Crippen LogP contribution in [0.5, 0.6) is 0 Å². The molecule has 2 heterocycles. The quantitative estimate of drug-likeness (QED) is 0.608. The van der Waals surface area contributed by atoms with E-state index < -0.39 is 0 Å².